The number of nitrogens with zero attached hydrogens (tertiary/aromatic N) is 2. The summed E-state index contributed by atoms with van der Waals surface area (Å²) in [5.41, 5.74) is 9.24. The number of halogens is 2. The van der Waals surface area contributed by atoms with Gasteiger partial charge in [-0.2, -0.15) is 0 Å². The number of hydrogen-bond acceptors (Lipinski definition) is 5. The van der Waals surface area contributed by atoms with Gasteiger partial charge in [0.25, 0.3) is 5.91 Å². The molecule has 5 aromatic rings. The number of hydrogen-bond donors (Lipinski definition) is 2. The molecule has 3 heterocycles. The molecule has 0 spiro atoms. The summed E-state index contributed by atoms with van der Waals surface area (Å²) in [5, 5.41) is 6.02. The molecule has 6 nitrogen and oxygen atoms in total. The van der Waals surface area contributed by atoms with Gasteiger partial charge in [-0.3, -0.25) is 9.20 Å². The third-order valence-electron chi connectivity index (χ3n) is 6.04. The molecule has 0 saturated carbocycles. The highest BCUT2D eigenvalue weighted by Gasteiger charge is 2.21. The average molecular weight is 507 g/mol. The van der Waals surface area contributed by atoms with Crippen LogP contribution < -0.4 is 15.8 Å². The van der Waals surface area contributed by atoms with Crippen LogP contribution in [0.2, 0.25) is 0 Å². The van der Waals surface area contributed by atoms with E-state index in [0.29, 0.717) is 22.8 Å². The van der Waals surface area contributed by atoms with Crippen LogP contribution in [0.1, 0.15) is 38.9 Å². The topological polar surface area (TPSA) is 81.6 Å². The lowest BCUT2D eigenvalue weighted by molar-refractivity contribution is 0.0944. The summed E-state index contributed by atoms with van der Waals surface area (Å²) in [5.74, 6) is -1.38. The van der Waals surface area contributed by atoms with Gasteiger partial charge in [0, 0.05) is 23.5 Å². The first-order valence-corrected chi connectivity index (χ1v) is 12.3. The molecular formula is C27H24F2N4O2S. The second-order valence-electron chi connectivity index (χ2n) is 8.61. The number of thiophene rings is 1. The average Bonchev–Trinajstić information content (AvgIpc) is 3.42. The zero-order valence-corrected chi connectivity index (χ0v) is 20.5. The largest absolute Gasteiger partial charge is 0.485 e. The fourth-order valence-corrected chi connectivity index (χ4v) is 5.27. The number of amides is 1. The Morgan fingerprint density at radius 2 is 1.92 bits per heavy atom. The van der Waals surface area contributed by atoms with Crippen molar-refractivity contribution in [1.82, 2.24) is 14.7 Å². The van der Waals surface area contributed by atoms with E-state index >= 15 is 0 Å². The zero-order valence-electron chi connectivity index (χ0n) is 19.7. The molecule has 0 bridgehead atoms. The number of imidazole rings is 1. The second kappa shape index (κ2) is 9.67. The van der Waals surface area contributed by atoms with Crippen molar-refractivity contribution in [2.45, 2.75) is 26.5 Å². The number of pyridine rings is 1. The molecule has 0 fully saturated rings. The number of fused-ring (bicyclic) bond motifs is 2. The van der Waals surface area contributed by atoms with Gasteiger partial charge in [0.2, 0.25) is 0 Å². The summed E-state index contributed by atoms with van der Waals surface area (Å²) in [4.78, 5) is 17.7. The molecule has 5 rings (SSSR count). The number of nitrogens with one attached hydrogen (secondary N) is 1. The van der Waals surface area contributed by atoms with E-state index in [2.05, 4.69) is 10.3 Å². The molecule has 3 aromatic heterocycles. The second-order valence-corrected chi connectivity index (χ2v) is 9.52. The molecule has 0 aliphatic heterocycles. The van der Waals surface area contributed by atoms with Crippen molar-refractivity contribution in [3.8, 4) is 5.75 Å². The first-order chi connectivity index (χ1) is 17.3. The number of aryl methyl sites for hydroxylation is 2. The number of carbonyl (C=O) groups excluding carboxylic acids is 1. The van der Waals surface area contributed by atoms with Gasteiger partial charge in [-0.25, -0.2) is 13.8 Å². The van der Waals surface area contributed by atoms with Gasteiger partial charge in [-0.1, -0.05) is 24.3 Å². The summed E-state index contributed by atoms with van der Waals surface area (Å²) >= 11 is 1.62. The minimum Gasteiger partial charge on any atom is -0.485 e. The Morgan fingerprint density at radius 1 is 1.17 bits per heavy atom. The Morgan fingerprint density at radius 3 is 2.69 bits per heavy atom. The Hall–Kier alpha value is -3.82. The maximum Gasteiger partial charge on any atom is 0.270 e. The fourth-order valence-electron chi connectivity index (χ4n) is 4.24. The Labute approximate surface area is 210 Å². The van der Waals surface area contributed by atoms with E-state index < -0.39 is 11.6 Å². The lowest BCUT2D eigenvalue weighted by Crippen LogP contribution is -2.32. The molecule has 3 N–H and O–H groups in total. The predicted octanol–water partition coefficient (Wildman–Crippen LogP) is 5.45. The monoisotopic (exact) mass is 506 g/mol. The number of ether oxygens (including phenoxy) is 1. The van der Waals surface area contributed by atoms with Crippen LogP contribution in [0.25, 0.3) is 15.7 Å². The molecule has 0 saturated heterocycles. The first kappa shape index (κ1) is 23.9. The highest BCUT2D eigenvalue weighted by atomic mass is 32.1. The van der Waals surface area contributed by atoms with Gasteiger partial charge in [0.15, 0.2) is 11.4 Å². The van der Waals surface area contributed by atoms with Crippen LogP contribution >= 0.6 is 11.3 Å². The number of nitrogens with two attached hydrogens (primary N) is 1. The zero-order chi connectivity index (χ0) is 25.4. The molecule has 0 aliphatic rings. The summed E-state index contributed by atoms with van der Waals surface area (Å²) in [6.07, 6.45) is 1.77. The molecule has 0 aliphatic carbocycles. The molecule has 1 unspecified atom stereocenters. The van der Waals surface area contributed by atoms with Gasteiger partial charge in [0.1, 0.15) is 23.9 Å². The van der Waals surface area contributed by atoms with Crippen LogP contribution in [0, 0.1) is 25.5 Å². The van der Waals surface area contributed by atoms with Crippen molar-refractivity contribution in [2.24, 2.45) is 5.73 Å². The minimum absolute atomic E-state index is 0.173. The van der Waals surface area contributed by atoms with E-state index in [1.54, 1.807) is 34.9 Å². The minimum atomic E-state index is -0.687. The normalized spacial score (nSPS) is 12.2. The molecule has 184 valence electrons. The van der Waals surface area contributed by atoms with Crippen molar-refractivity contribution in [3.05, 3.63) is 99.8 Å². The van der Waals surface area contributed by atoms with E-state index in [-0.39, 0.29) is 30.7 Å². The highest BCUT2D eigenvalue weighted by Crippen LogP contribution is 2.29. The Balaban J connectivity index is 1.38. The van der Waals surface area contributed by atoms with Crippen LogP contribution in [0.4, 0.5) is 8.78 Å². The molecule has 1 atom stereocenters. The molecule has 2 aromatic carbocycles. The van der Waals surface area contributed by atoms with Crippen LogP contribution in [-0.4, -0.2) is 21.8 Å². The predicted molar refractivity (Wildman–Crippen MR) is 136 cm³/mol. The third-order valence-corrected chi connectivity index (χ3v) is 7.02. The standard InChI is InChI=1S/C27H24F2N4O2S/c1-15-10-23(35-13-18-20(28)7-5-8-21(18)29)26-32-16(2)25(33(26)12-15)27(34)31-11-22(30)19-14-36-24-9-4-3-6-17(19)24/h3-10,12,14,22H,11,13,30H2,1-2H3,(H,31,34). The van der Waals surface area contributed by atoms with Crippen LogP contribution in [0.3, 0.4) is 0 Å². The summed E-state index contributed by atoms with van der Waals surface area (Å²) in [6.45, 7) is 3.50. The number of rotatable bonds is 7. The third kappa shape index (κ3) is 4.43. The smallest absolute Gasteiger partial charge is 0.270 e. The van der Waals surface area contributed by atoms with Crippen molar-refractivity contribution >= 4 is 33.0 Å². The Bertz CT molecular complexity index is 1570. The van der Waals surface area contributed by atoms with Gasteiger partial charge in [-0.15, -0.1) is 11.3 Å². The van der Waals surface area contributed by atoms with Gasteiger partial charge >= 0.3 is 0 Å². The van der Waals surface area contributed by atoms with E-state index in [9.17, 15) is 13.6 Å². The maximum absolute atomic E-state index is 14.1. The quantitative estimate of drug-likeness (QED) is 0.307. The SMILES string of the molecule is Cc1cc(OCc2c(F)cccc2F)c2nc(C)c(C(=O)NCC(N)c3csc4ccccc34)n2c1. The van der Waals surface area contributed by atoms with Crippen LogP contribution in [0.5, 0.6) is 5.75 Å². The lowest BCUT2D eigenvalue weighted by atomic mass is 10.1. The van der Waals surface area contributed by atoms with Gasteiger partial charge < -0.3 is 15.8 Å². The fraction of sp³-hybridized carbons (Fsp3) is 0.185. The van der Waals surface area contributed by atoms with E-state index in [1.165, 1.54) is 18.2 Å². The van der Waals surface area contributed by atoms with Crippen molar-refractivity contribution in [1.29, 1.82) is 0 Å². The van der Waals surface area contributed by atoms with Crippen LogP contribution in [0.15, 0.2) is 60.1 Å². The molecule has 36 heavy (non-hydrogen) atoms. The maximum atomic E-state index is 14.1. The lowest BCUT2D eigenvalue weighted by Gasteiger charge is -2.13. The summed E-state index contributed by atoms with van der Waals surface area (Å²) < 4.78 is 36.7. The number of aromatic nitrogens is 2. The molecule has 9 heteroatoms. The van der Waals surface area contributed by atoms with Crippen molar-refractivity contribution < 1.29 is 18.3 Å². The van der Waals surface area contributed by atoms with Crippen molar-refractivity contribution in [3.63, 3.8) is 0 Å². The van der Waals surface area contributed by atoms with Crippen molar-refractivity contribution in [2.75, 3.05) is 6.54 Å². The number of benzene rings is 2. The van der Waals surface area contributed by atoms with Gasteiger partial charge in [0.05, 0.1) is 11.3 Å². The van der Waals surface area contributed by atoms with Crippen LogP contribution in [-0.2, 0) is 6.61 Å². The van der Waals surface area contributed by atoms with E-state index in [4.69, 9.17) is 10.5 Å². The van der Waals surface area contributed by atoms with Gasteiger partial charge in [-0.05, 0) is 60.0 Å². The summed E-state index contributed by atoms with van der Waals surface area (Å²) in [6, 6.07) is 13.0. The Kier molecular flexibility index (Phi) is 6.42. The first-order valence-electron chi connectivity index (χ1n) is 11.4. The number of carbonyl (C=O) groups is 1. The van der Waals surface area contributed by atoms with E-state index in [0.717, 1.165) is 21.2 Å². The molecule has 1 amide bonds. The highest BCUT2D eigenvalue weighted by molar-refractivity contribution is 7.17. The molecular weight excluding hydrogens is 482 g/mol. The molecule has 0 radical (unpaired) electrons. The van der Waals surface area contributed by atoms with E-state index in [1.807, 2.05) is 36.6 Å². The summed E-state index contributed by atoms with van der Waals surface area (Å²) in [7, 11) is 0.